The van der Waals surface area contributed by atoms with Gasteiger partial charge in [-0.2, -0.15) is 5.10 Å². The van der Waals surface area contributed by atoms with Gasteiger partial charge in [-0.25, -0.2) is 0 Å². The summed E-state index contributed by atoms with van der Waals surface area (Å²) < 4.78 is 1.85. The summed E-state index contributed by atoms with van der Waals surface area (Å²) in [6.07, 6.45) is 6.91. The highest BCUT2D eigenvalue weighted by Gasteiger charge is 2.31. The molecule has 0 aromatic carbocycles. The zero-order chi connectivity index (χ0) is 19.4. The normalized spacial score (nSPS) is 13.4. The van der Waals surface area contributed by atoms with Crippen LogP contribution < -0.4 is 5.46 Å². The molecule has 0 bridgehead atoms. The number of hydrogen-bond acceptors (Lipinski definition) is 4. The van der Waals surface area contributed by atoms with E-state index in [1.807, 2.05) is 23.1 Å². The van der Waals surface area contributed by atoms with Crippen molar-refractivity contribution in [2.75, 3.05) is 0 Å². The first-order valence-corrected chi connectivity index (χ1v) is 8.55. The molecule has 1 atom stereocenters. The quantitative estimate of drug-likeness (QED) is 0.819. The summed E-state index contributed by atoms with van der Waals surface area (Å²) in [6, 6.07) is 2.01. The molecule has 2 radical (unpaired) electrons. The second-order valence-corrected chi connectivity index (χ2v) is 7.93. The van der Waals surface area contributed by atoms with Gasteiger partial charge in [0.2, 0.25) is 0 Å². The Bertz CT molecular complexity index is 663. The van der Waals surface area contributed by atoms with Crippen LogP contribution in [0, 0.1) is 5.92 Å². The van der Waals surface area contributed by atoms with Crippen LogP contribution >= 0.6 is 11.6 Å². The van der Waals surface area contributed by atoms with Crippen molar-refractivity contribution in [3.8, 4) is 0 Å². The van der Waals surface area contributed by atoms with Gasteiger partial charge in [0, 0.05) is 24.8 Å². The molecule has 1 unspecified atom stereocenters. The largest absolute Gasteiger partial charge is 0.387 e. The first-order chi connectivity index (χ1) is 11.3. The number of halogens is 1. The number of pyridine rings is 1. The lowest BCUT2D eigenvalue weighted by Gasteiger charge is -2.31. The lowest BCUT2D eigenvalue weighted by Crippen LogP contribution is -2.44. The van der Waals surface area contributed by atoms with E-state index in [9.17, 15) is 0 Å². The average molecular weight is 364 g/mol. The first-order valence-electron chi connectivity index (χ1n) is 8.17. The van der Waals surface area contributed by atoms with Crippen LogP contribution in [0.2, 0.25) is 5.02 Å². The van der Waals surface area contributed by atoms with Gasteiger partial charge in [-0.1, -0.05) is 30.9 Å². The molecule has 2 rings (SSSR count). The van der Waals surface area contributed by atoms with Gasteiger partial charge in [-0.05, 0) is 45.2 Å². The minimum Gasteiger partial charge on any atom is -0.387 e. The predicted molar refractivity (Wildman–Crippen MR) is 102 cm³/mol. The van der Waals surface area contributed by atoms with E-state index in [2.05, 4.69) is 23.9 Å². The lowest BCUT2D eigenvalue weighted by molar-refractivity contribution is -0.107. The van der Waals surface area contributed by atoms with Crippen molar-refractivity contribution in [1.82, 2.24) is 14.8 Å². The van der Waals surface area contributed by atoms with Gasteiger partial charge in [-0.3, -0.25) is 9.67 Å². The Morgan fingerprint density at radius 1 is 1.08 bits per heavy atom. The van der Waals surface area contributed by atoms with E-state index in [1.54, 1.807) is 40.1 Å². The molecular weight excluding hydrogens is 336 g/mol. The van der Waals surface area contributed by atoms with E-state index >= 15 is 0 Å². The van der Waals surface area contributed by atoms with Crippen LogP contribution in [0.3, 0.4) is 0 Å². The molecule has 2 aromatic rings. The summed E-state index contributed by atoms with van der Waals surface area (Å²) in [4.78, 5) is 4.12. The number of aliphatic hydroxyl groups is 2. The van der Waals surface area contributed by atoms with Crippen molar-refractivity contribution in [1.29, 1.82) is 0 Å². The molecule has 7 heteroatoms. The molecule has 0 aliphatic rings. The maximum Gasteiger partial charge on any atom is 0.118 e. The van der Waals surface area contributed by atoms with Crippen molar-refractivity contribution in [3.05, 3.63) is 41.4 Å². The van der Waals surface area contributed by atoms with Crippen LogP contribution in [0.5, 0.6) is 0 Å². The summed E-state index contributed by atoms with van der Waals surface area (Å²) in [6.45, 7) is 10.6. The Labute approximate surface area is 156 Å². The van der Waals surface area contributed by atoms with Crippen LogP contribution in [-0.4, -0.2) is 44.0 Å². The third-order valence-electron chi connectivity index (χ3n) is 4.10. The first kappa shape index (κ1) is 21.7. The lowest BCUT2D eigenvalue weighted by atomic mass is 9.90. The van der Waals surface area contributed by atoms with Gasteiger partial charge in [-0.15, -0.1) is 0 Å². The summed E-state index contributed by atoms with van der Waals surface area (Å²) >= 11 is 5.97. The molecule has 2 N–H and O–H groups in total. The van der Waals surface area contributed by atoms with E-state index < -0.39 is 11.2 Å². The van der Waals surface area contributed by atoms with Crippen molar-refractivity contribution in [2.45, 2.75) is 58.8 Å². The van der Waals surface area contributed by atoms with Gasteiger partial charge in [0.15, 0.2) is 0 Å². The minimum atomic E-state index is -1.01. The van der Waals surface area contributed by atoms with Gasteiger partial charge < -0.3 is 10.2 Å². The van der Waals surface area contributed by atoms with Crippen molar-refractivity contribution >= 4 is 24.9 Å². The maximum atomic E-state index is 9.10. The standard InChI is InChI=1S/C12H13BClN3.C6H14O2/c1-8(2)12(17-7-10(13)5-16-17)9-3-11(14)6-15-4-9;1-5(2,7)6(3,4)8/h3-8,12H,1-2H3;7-8H,1-4H3. The highest BCUT2D eigenvalue weighted by molar-refractivity contribution is 6.32. The summed E-state index contributed by atoms with van der Waals surface area (Å²) in [5.41, 5.74) is -0.318. The van der Waals surface area contributed by atoms with E-state index in [4.69, 9.17) is 29.7 Å². The molecule has 0 saturated heterocycles. The highest BCUT2D eigenvalue weighted by atomic mass is 35.5. The Morgan fingerprint density at radius 2 is 1.64 bits per heavy atom. The Balaban J connectivity index is 0.000000333. The number of hydrogen-bond donors (Lipinski definition) is 2. The number of rotatable bonds is 4. The zero-order valence-corrected chi connectivity index (χ0v) is 16.5. The van der Waals surface area contributed by atoms with E-state index in [0.29, 0.717) is 16.4 Å². The smallest absolute Gasteiger partial charge is 0.118 e. The third-order valence-corrected chi connectivity index (χ3v) is 4.31. The number of aromatic nitrogens is 3. The molecule has 0 spiro atoms. The maximum absolute atomic E-state index is 9.10. The molecule has 0 saturated carbocycles. The minimum absolute atomic E-state index is 0.0958. The van der Waals surface area contributed by atoms with Crippen LogP contribution in [0.1, 0.15) is 53.1 Å². The molecule has 0 aliphatic carbocycles. The summed E-state index contributed by atoms with van der Waals surface area (Å²) in [7, 11) is 5.70. The van der Waals surface area contributed by atoms with Gasteiger partial charge in [0.1, 0.15) is 7.85 Å². The number of nitrogens with zero attached hydrogens (tertiary/aromatic N) is 3. The Morgan fingerprint density at radius 3 is 2.00 bits per heavy atom. The van der Waals surface area contributed by atoms with Crippen LogP contribution in [-0.2, 0) is 0 Å². The Hall–Kier alpha value is -1.37. The molecule has 2 heterocycles. The fourth-order valence-corrected chi connectivity index (χ4v) is 2.12. The fraction of sp³-hybridized carbons (Fsp3) is 0.556. The zero-order valence-electron chi connectivity index (χ0n) is 15.7. The molecule has 136 valence electrons. The monoisotopic (exact) mass is 363 g/mol. The van der Waals surface area contributed by atoms with Gasteiger partial charge >= 0.3 is 0 Å². The second kappa shape index (κ2) is 8.34. The molecule has 0 amide bonds. The van der Waals surface area contributed by atoms with Crippen LogP contribution in [0.15, 0.2) is 30.9 Å². The van der Waals surface area contributed by atoms with E-state index in [0.717, 1.165) is 5.56 Å². The van der Waals surface area contributed by atoms with Crippen LogP contribution in [0.4, 0.5) is 0 Å². The van der Waals surface area contributed by atoms with Gasteiger partial charge in [0.05, 0.1) is 22.3 Å². The predicted octanol–water partition coefficient (Wildman–Crippen LogP) is 2.50. The Kier molecular flexibility index (Phi) is 7.23. The van der Waals surface area contributed by atoms with Crippen molar-refractivity contribution in [3.63, 3.8) is 0 Å². The molecule has 25 heavy (non-hydrogen) atoms. The highest BCUT2D eigenvalue weighted by Crippen LogP contribution is 2.26. The molecule has 0 fully saturated rings. The molecular formula is C18H27BClN3O2. The third kappa shape index (κ3) is 6.46. The van der Waals surface area contributed by atoms with Crippen molar-refractivity contribution < 1.29 is 10.2 Å². The van der Waals surface area contributed by atoms with Crippen molar-refractivity contribution in [2.24, 2.45) is 5.92 Å². The van der Waals surface area contributed by atoms with E-state index in [-0.39, 0.29) is 6.04 Å². The molecule has 5 nitrogen and oxygen atoms in total. The SMILES string of the molecule is CC(C)(O)C(C)(C)O.[B]c1cnn(C(c2cncc(Cl)c2)C(C)C)c1. The van der Waals surface area contributed by atoms with Crippen LogP contribution in [0.25, 0.3) is 0 Å². The topological polar surface area (TPSA) is 71.2 Å². The molecule has 0 aliphatic heterocycles. The van der Waals surface area contributed by atoms with E-state index in [1.165, 1.54) is 0 Å². The summed E-state index contributed by atoms with van der Waals surface area (Å²) in [5, 5.41) is 23.1. The van der Waals surface area contributed by atoms with Gasteiger partial charge in [0.25, 0.3) is 0 Å². The second-order valence-electron chi connectivity index (χ2n) is 7.50. The average Bonchev–Trinajstić information content (AvgIpc) is 2.83. The summed E-state index contributed by atoms with van der Waals surface area (Å²) in [5.74, 6) is 0.370. The molecule has 2 aromatic heterocycles. The fourth-order valence-electron chi connectivity index (χ4n) is 1.94.